The summed E-state index contributed by atoms with van der Waals surface area (Å²) in [5.74, 6) is 0.867. The number of hydrogen-bond donors (Lipinski definition) is 2. The molecule has 0 radical (unpaired) electrons. The van der Waals surface area contributed by atoms with Crippen LogP contribution in [-0.2, 0) is 9.59 Å². The van der Waals surface area contributed by atoms with E-state index in [1.165, 1.54) is 0 Å². The summed E-state index contributed by atoms with van der Waals surface area (Å²) in [4.78, 5) is 48.9. The van der Waals surface area contributed by atoms with Gasteiger partial charge in [-0.3, -0.25) is 29.8 Å². The van der Waals surface area contributed by atoms with E-state index in [2.05, 4.69) is 10.6 Å². The Balaban J connectivity index is 1.23. The van der Waals surface area contributed by atoms with Crippen molar-refractivity contribution in [2.24, 2.45) is 22.7 Å². The van der Waals surface area contributed by atoms with Gasteiger partial charge in [-0.1, -0.05) is 0 Å². The second-order valence-corrected chi connectivity index (χ2v) is 12.1. The molecule has 4 bridgehead atoms. The Morgan fingerprint density at radius 1 is 0.647 bits per heavy atom. The van der Waals surface area contributed by atoms with Crippen LogP contribution < -0.4 is 10.6 Å². The molecule has 6 rings (SSSR count). The van der Waals surface area contributed by atoms with Crippen LogP contribution in [0.5, 0.6) is 0 Å². The van der Waals surface area contributed by atoms with Crippen LogP contribution in [0.4, 0.5) is 0 Å². The number of amides is 2. The van der Waals surface area contributed by atoms with Crippen LogP contribution in [0.1, 0.15) is 89.9 Å². The standard InChI is InChI=1S/C24H36N4O6/c29-21(25-17-1-5-19(6-2-17)27(31)32)23-10-15-9-16(11-23)13-24(12-15,14-23)22(30)26-18-3-7-20(8-4-18)28(33)34/h15-20H,1-14H2,(H,25,29)(H,26,30). The molecule has 0 aromatic heterocycles. The van der Waals surface area contributed by atoms with E-state index >= 15 is 0 Å². The Hall–Kier alpha value is -2.26. The highest BCUT2D eigenvalue weighted by atomic mass is 16.6. The van der Waals surface area contributed by atoms with E-state index in [0.29, 0.717) is 69.6 Å². The highest BCUT2D eigenvalue weighted by molar-refractivity contribution is 5.88. The summed E-state index contributed by atoms with van der Waals surface area (Å²) < 4.78 is 0. The Labute approximate surface area is 199 Å². The van der Waals surface area contributed by atoms with Crippen molar-refractivity contribution in [2.75, 3.05) is 0 Å². The Morgan fingerprint density at radius 2 is 1.00 bits per heavy atom. The van der Waals surface area contributed by atoms with Crippen molar-refractivity contribution in [2.45, 2.75) is 114 Å². The van der Waals surface area contributed by atoms with Gasteiger partial charge in [0.25, 0.3) is 0 Å². The smallest absolute Gasteiger partial charge is 0.226 e. The fourth-order valence-electron chi connectivity index (χ4n) is 8.33. The monoisotopic (exact) mass is 476 g/mol. The molecular weight excluding hydrogens is 440 g/mol. The first kappa shape index (κ1) is 23.5. The third kappa shape index (κ3) is 4.28. The van der Waals surface area contributed by atoms with Gasteiger partial charge in [-0.15, -0.1) is 0 Å². The maximum Gasteiger partial charge on any atom is 0.226 e. The minimum absolute atomic E-state index is 0.0155. The fraction of sp³-hybridized carbons (Fsp3) is 0.917. The first-order valence-electron chi connectivity index (χ1n) is 13.1. The molecule has 10 nitrogen and oxygen atoms in total. The van der Waals surface area contributed by atoms with Crippen LogP contribution in [0, 0.1) is 42.9 Å². The van der Waals surface area contributed by atoms with E-state index in [0.717, 1.165) is 32.1 Å². The molecule has 0 spiro atoms. The maximum atomic E-state index is 13.6. The third-order valence-corrected chi connectivity index (χ3v) is 9.68. The highest BCUT2D eigenvalue weighted by Crippen LogP contribution is 2.65. The van der Waals surface area contributed by atoms with E-state index in [9.17, 15) is 29.8 Å². The summed E-state index contributed by atoms with van der Waals surface area (Å²) >= 11 is 0. The first-order valence-corrected chi connectivity index (χ1v) is 13.1. The maximum absolute atomic E-state index is 13.6. The zero-order valence-electron chi connectivity index (χ0n) is 19.7. The summed E-state index contributed by atoms with van der Waals surface area (Å²) in [6.07, 6.45) is 9.57. The van der Waals surface area contributed by atoms with Crippen LogP contribution in [0.3, 0.4) is 0 Å². The molecule has 0 heterocycles. The van der Waals surface area contributed by atoms with Crippen molar-refractivity contribution in [1.29, 1.82) is 0 Å². The Bertz CT molecular complexity index is 782. The minimum Gasteiger partial charge on any atom is -0.353 e. The molecule has 0 aliphatic heterocycles. The van der Waals surface area contributed by atoms with E-state index in [-0.39, 0.29) is 33.7 Å². The lowest BCUT2D eigenvalue weighted by molar-refractivity contribution is -0.526. The van der Waals surface area contributed by atoms with Gasteiger partial charge in [0.2, 0.25) is 23.9 Å². The highest BCUT2D eigenvalue weighted by Gasteiger charge is 2.63. The number of rotatable bonds is 6. The third-order valence-electron chi connectivity index (χ3n) is 9.68. The molecule has 6 aliphatic carbocycles. The van der Waals surface area contributed by atoms with Crippen LogP contribution in [0.15, 0.2) is 0 Å². The van der Waals surface area contributed by atoms with Crippen molar-refractivity contribution in [3.05, 3.63) is 20.2 Å². The van der Waals surface area contributed by atoms with Crippen LogP contribution in [0.25, 0.3) is 0 Å². The van der Waals surface area contributed by atoms with Gasteiger partial charge in [-0.05, 0) is 76.0 Å². The normalized spacial score (nSPS) is 43.2. The van der Waals surface area contributed by atoms with Crippen molar-refractivity contribution in [1.82, 2.24) is 10.6 Å². The molecule has 0 saturated heterocycles. The Morgan fingerprint density at radius 3 is 1.32 bits per heavy atom. The number of carbonyl (C=O) groups excluding carboxylic acids is 2. The summed E-state index contributed by atoms with van der Waals surface area (Å²) in [6, 6.07) is -1.03. The lowest BCUT2D eigenvalue weighted by atomic mass is 9.43. The van der Waals surface area contributed by atoms with Crippen LogP contribution in [-0.4, -0.2) is 45.8 Å². The zero-order chi connectivity index (χ0) is 24.1. The topological polar surface area (TPSA) is 144 Å². The fourth-order valence-corrected chi connectivity index (χ4v) is 8.33. The van der Waals surface area contributed by atoms with E-state index in [4.69, 9.17) is 0 Å². The molecule has 10 heteroatoms. The first-order chi connectivity index (χ1) is 16.2. The molecule has 6 fully saturated rings. The number of nitro groups is 2. The van der Waals surface area contributed by atoms with Crippen molar-refractivity contribution in [3.8, 4) is 0 Å². The molecule has 2 amide bonds. The van der Waals surface area contributed by atoms with Crippen molar-refractivity contribution >= 4 is 11.8 Å². The average molecular weight is 477 g/mol. The second-order valence-electron chi connectivity index (χ2n) is 12.1. The van der Waals surface area contributed by atoms with Crippen molar-refractivity contribution in [3.63, 3.8) is 0 Å². The molecule has 0 atom stereocenters. The van der Waals surface area contributed by atoms with Gasteiger partial charge in [0.15, 0.2) is 0 Å². The van der Waals surface area contributed by atoms with E-state index < -0.39 is 22.9 Å². The quantitative estimate of drug-likeness (QED) is 0.445. The molecule has 6 saturated carbocycles. The number of nitrogens with one attached hydrogen (secondary N) is 2. The van der Waals surface area contributed by atoms with Gasteiger partial charge in [0.1, 0.15) is 0 Å². The summed E-state index contributed by atoms with van der Waals surface area (Å²) in [7, 11) is 0. The molecule has 0 aromatic carbocycles. The van der Waals surface area contributed by atoms with Gasteiger partial charge < -0.3 is 10.6 Å². The number of carbonyl (C=O) groups is 2. The summed E-state index contributed by atoms with van der Waals surface area (Å²) in [5.41, 5.74) is -1.02. The van der Waals surface area contributed by atoms with Crippen LogP contribution in [0.2, 0.25) is 0 Å². The SMILES string of the molecule is O=C(NC1CCC([N+](=O)[O-])CC1)C12CC3CC(C1)CC(C(=O)NC1CCC([N+](=O)[O-])CC1)(C3)C2. The van der Waals surface area contributed by atoms with Gasteiger partial charge in [-0.25, -0.2) is 0 Å². The van der Waals surface area contributed by atoms with Crippen molar-refractivity contribution < 1.29 is 19.4 Å². The predicted octanol–water partition coefficient (Wildman–Crippen LogP) is 2.98. The summed E-state index contributed by atoms with van der Waals surface area (Å²) in [5, 5.41) is 28.6. The van der Waals surface area contributed by atoms with Gasteiger partial charge in [0.05, 0.1) is 10.8 Å². The zero-order valence-corrected chi connectivity index (χ0v) is 19.7. The lowest BCUT2D eigenvalue weighted by Gasteiger charge is -2.60. The average Bonchev–Trinajstić information content (AvgIpc) is 2.79. The molecule has 0 aromatic rings. The molecular formula is C24H36N4O6. The van der Waals surface area contributed by atoms with Gasteiger partial charge >= 0.3 is 0 Å². The largest absolute Gasteiger partial charge is 0.353 e. The van der Waals surface area contributed by atoms with Crippen LogP contribution >= 0.6 is 0 Å². The number of hydrogen-bond acceptors (Lipinski definition) is 6. The van der Waals surface area contributed by atoms with Gasteiger partial charge in [0, 0.05) is 47.6 Å². The summed E-state index contributed by atoms with van der Waals surface area (Å²) in [6.45, 7) is 0. The van der Waals surface area contributed by atoms with E-state index in [1.807, 2.05) is 0 Å². The van der Waals surface area contributed by atoms with Gasteiger partial charge in [-0.2, -0.15) is 0 Å². The predicted molar refractivity (Wildman–Crippen MR) is 122 cm³/mol. The minimum atomic E-state index is -0.509. The lowest BCUT2D eigenvalue weighted by Crippen LogP contribution is -2.62. The molecule has 2 N–H and O–H groups in total. The van der Waals surface area contributed by atoms with E-state index in [1.54, 1.807) is 0 Å². The number of nitrogens with zero attached hydrogens (tertiary/aromatic N) is 2. The molecule has 0 unspecified atom stereocenters. The molecule has 6 aliphatic rings. The molecule has 188 valence electrons. The molecule has 34 heavy (non-hydrogen) atoms. The second kappa shape index (κ2) is 8.75. The Kier molecular flexibility index (Phi) is 6.04.